The maximum atomic E-state index is 13.4. The van der Waals surface area contributed by atoms with E-state index in [-0.39, 0.29) is 12.2 Å². The van der Waals surface area contributed by atoms with Crippen LogP contribution < -0.4 is 15.6 Å². The monoisotopic (exact) mass is 648 g/mol. The number of hydrogen-bond acceptors (Lipinski definition) is 5. The highest BCUT2D eigenvalue weighted by molar-refractivity contribution is 9.11. The highest BCUT2D eigenvalue weighted by Gasteiger charge is 2.14. The molecule has 0 aliphatic carbocycles. The molecular weight excluding hydrogens is 631 g/mol. The minimum absolute atomic E-state index is 0.292. The lowest BCUT2D eigenvalue weighted by molar-refractivity contribution is -0.118. The van der Waals surface area contributed by atoms with Gasteiger partial charge in [0.15, 0.2) is 12.4 Å². The van der Waals surface area contributed by atoms with Gasteiger partial charge in [-0.15, -0.1) is 0 Å². The largest absolute Gasteiger partial charge is 0.481 e. The molecule has 39 heavy (non-hydrogen) atoms. The Kier molecular flexibility index (Phi) is 7.94. The molecule has 0 spiro atoms. The molecule has 0 atom stereocenters. The van der Waals surface area contributed by atoms with Crippen molar-refractivity contribution < 1.29 is 13.9 Å². The Hall–Kier alpha value is -4.15. The van der Waals surface area contributed by atoms with Gasteiger partial charge in [0.25, 0.3) is 11.5 Å². The van der Waals surface area contributed by atoms with Gasteiger partial charge in [-0.05, 0) is 79.9 Å². The Morgan fingerprint density at radius 3 is 2.44 bits per heavy atom. The maximum absolute atomic E-state index is 13.4. The zero-order valence-corrected chi connectivity index (χ0v) is 23.3. The summed E-state index contributed by atoms with van der Waals surface area (Å²) in [7, 11) is 0. The summed E-state index contributed by atoms with van der Waals surface area (Å²) < 4.78 is 21.4. The normalized spacial score (nSPS) is 11.2. The van der Waals surface area contributed by atoms with Crippen LogP contribution in [0.5, 0.6) is 5.75 Å². The van der Waals surface area contributed by atoms with Crippen molar-refractivity contribution in [1.82, 2.24) is 9.66 Å². The smallest absolute Gasteiger partial charge is 0.282 e. The number of hydrogen-bond donors (Lipinski definition) is 1. The highest BCUT2D eigenvalue weighted by atomic mass is 79.9. The van der Waals surface area contributed by atoms with Gasteiger partial charge in [0.1, 0.15) is 11.6 Å². The van der Waals surface area contributed by atoms with E-state index in [0.717, 1.165) is 5.56 Å². The summed E-state index contributed by atoms with van der Waals surface area (Å²) in [6.45, 7) is -0.292. The number of halogens is 3. The molecule has 0 saturated carbocycles. The number of carbonyl (C=O) groups excluding carboxylic acids is 1. The first kappa shape index (κ1) is 26.5. The van der Waals surface area contributed by atoms with Crippen LogP contribution in [0.3, 0.4) is 0 Å². The molecule has 0 bridgehead atoms. The minimum atomic E-state index is -0.450. The summed E-state index contributed by atoms with van der Waals surface area (Å²) in [4.78, 5) is 30.3. The van der Waals surface area contributed by atoms with Crippen molar-refractivity contribution in [2.45, 2.75) is 0 Å². The summed E-state index contributed by atoms with van der Waals surface area (Å²) >= 11 is 6.94. The lowest BCUT2D eigenvalue weighted by Gasteiger charge is -2.12. The third kappa shape index (κ3) is 6.13. The number of carbonyl (C=O) groups is 1. The van der Waals surface area contributed by atoms with Crippen molar-refractivity contribution in [3.8, 4) is 17.1 Å². The number of nitrogens with one attached hydrogen (secondary N) is 1. The Labute approximate surface area is 239 Å². The average Bonchev–Trinajstić information content (AvgIpc) is 2.92. The number of rotatable bonds is 7. The summed E-state index contributed by atoms with van der Waals surface area (Å²) in [6.07, 6.45) is 1.54. The Morgan fingerprint density at radius 1 is 0.974 bits per heavy atom. The summed E-state index contributed by atoms with van der Waals surface area (Å²) in [5.74, 6) is -0.0789. The van der Waals surface area contributed by atoms with Crippen LogP contribution >= 0.6 is 31.9 Å². The Morgan fingerprint density at radius 2 is 1.69 bits per heavy atom. The predicted molar refractivity (Wildman–Crippen MR) is 157 cm³/mol. The first-order valence-electron chi connectivity index (χ1n) is 11.7. The topological polar surface area (TPSA) is 85.6 Å². The van der Waals surface area contributed by atoms with Crippen LogP contribution in [-0.4, -0.2) is 28.4 Å². The van der Waals surface area contributed by atoms with Gasteiger partial charge in [0.2, 0.25) is 0 Å². The van der Waals surface area contributed by atoms with Crippen LogP contribution in [0.2, 0.25) is 0 Å². The van der Waals surface area contributed by atoms with Crippen molar-refractivity contribution in [2.24, 2.45) is 5.10 Å². The van der Waals surface area contributed by atoms with Crippen LogP contribution in [0.1, 0.15) is 5.56 Å². The summed E-state index contributed by atoms with van der Waals surface area (Å²) in [5, 5.41) is 7.52. The van der Waals surface area contributed by atoms with Crippen LogP contribution in [0.4, 0.5) is 10.1 Å². The third-order valence-corrected chi connectivity index (χ3v) is 6.76. The van der Waals surface area contributed by atoms with E-state index in [1.54, 1.807) is 42.6 Å². The second-order valence-corrected chi connectivity index (χ2v) is 10.0. The fraction of sp³-hybridized carbons (Fsp3) is 0.0345. The number of ether oxygens (including phenoxy) is 1. The molecule has 1 N–H and O–H groups in total. The van der Waals surface area contributed by atoms with Crippen molar-refractivity contribution in [3.63, 3.8) is 0 Å². The zero-order chi connectivity index (χ0) is 27.4. The van der Waals surface area contributed by atoms with Gasteiger partial charge >= 0.3 is 0 Å². The van der Waals surface area contributed by atoms with Crippen LogP contribution in [0.15, 0.2) is 110 Å². The number of nitrogens with zero attached hydrogens (tertiary/aromatic N) is 3. The molecule has 7 nitrogen and oxygen atoms in total. The van der Waals surface area contributed by atoms with E-state index < -0.39 is 11.7 Å². The summed E-state index contributed by atoms with van der Waals surface area (Å²) in [5.41, 5.74) is 2.03. The van der Waals surface area contributed by atoms with Gasteiger partial charge in [0, 0.05) is 11.3 Å². The average molecular weight is 650 g/mol. The molecule has 5 aromatic rings. The molecule has 194 valence electrons. The van der Waals surface area contributed by atoms with E-state index in [4.69, 9.17) is 9.72 Å². The molecule has 0 saturated heterocycles. The second-order valence-electron chi connectivity index (χ2n) is 8.34. The number of aromatic nitrogens is 2. The van der Waals surface area contributed by atoms with E-state index >= 15 is 0 Å². The molecule has 0 radical (unpaired) electrons. The molecule has 1 aromatic heterocycles. The summed E-state index contributed by atoms with van der Waals surface area (Å²) in [6, 6.07) is 25.6. The van der Waals surface area contributed by atoms with Crippen molar-refractivity contribution in [3.05, 3.63) is 122 Å². The van der Waals surface area contributed by atoms with E-state index in [9.17, 15) is 14.0 Å². The number of fused-ring (bicyclic) bond motifs is 1. The van der Waals surface area contributed by atoms with E-state index in [0.29, 0.717) is 42.7 Å². The zero-order valence-electron chi connectivity index (χ0n) is 20.1. The first-order valence-corrected chi connectivity index (χ1v) is 13.3. The second kappa shape index (κ2) is 11.7. The number of benzene rings is 4. The molecule has 0 unspecified atom stereocenters. The SMILES string of the molecule is O=C(COc1c(Br)cc(C=Nn2c(-c3ccccc3)nc3ccccc3c2=O)cc1Br)Nc1cccc(F)c1. The molecule has 4 aromatic carbocycles. The fourth-order valence-electron chi connectivity index (χ4n) is 3.82. The minimum Gasteiger partial charge on any atom is -0.481 e. The van der Waals surface area contributed by atoms with E-state index in [2.05, 4.69) is 42.3 Å². The van der Waals surface area contributed by atoms with Crippen molar-refractivity contribution in [1.29, 1.82) is 0 Å². The first-order chi connectivity index (χ1) is 18.9. The number of amides is 1. The molecule has 0 aliphatic heterocycles. The molecule has 5 rings (SSSR count). The van der Waals surface area contributed by atoms with Crippen LogP contribution in [-0.2, 0) is 4.79 Å². The predicted octanol–water partition coefficient (Wildman–Crippen LogP) is 6.63. The van der Waals surface area contributed by atoms with Crippen LogP contribution in [0.25, 0.3) is 22.3 Å². The fourth-order valence-corrected chi connectivity index (χ4v) is 5.27. The number of anilines is 1. The van der Waals surface area contributed by atoms with Crippen molar-refractivity contribution in [2.75, 3.05) is 11.9 Å². The lowest BCUT2D eigenvalue weighted by Crippen LogP contribution is -2.20. The van der Waals surface area contributed by atoms with Crippen molar-refractivity contribution >= 4 is 60.6 Å². The van der Waals surface area contributed by atoms with Gasteiger partial charge in [-0.3, -0.25) is 9.59 Å². The van der Waals surface area contributed by atoms with Gasteiger partial charge in [-0.25, -0.2) is 9.37 Å². The molecule has 10 heteroatoms. The Balaban J connectivity index is 1.40. The molecular formula is C29H19Br2FN4O3. The van der Waals surface area contributed by atoms with Gasteiger partial charge < -0.3 is 10.1 Å². The van der Waals surface area contributed by atoms with Crippen LogP contribution in [0, 0.1) is 5.82 Å². The molecule has 1 amide bonds. The molecule has 1 heterocycles. The van der Waals surface area contributed by atoms with E-state index in [1.807, 2.05) is 36.4 Å². The Bertz CT molecular complexity index is 1750. The third-order valence-electron chi connectivity index (χ3n) is 5.58. The standard InChI is InChI=1S/C29H19Br2FN4O3/c30-23-13-18(14-24(31)27(23)39-17-26(37)34-21-10-6-9-20(32)15-21)16-33-36-28(19-7-2-1-3-8-19)35-25-12-5-4-11-22(25)29(36)38/h1-16H,17H2,(H,34,37). The van der Waals surface area contributed by atoms with E-state index in [1.165, 1.54) is 22.9 Å². The number of para-hydroxylation sites is 1. The maximum Gasteiger partial charge on any atom is 0.282 e. The van der Waals surface area contributed by atoms with Gasteiger partial charge in [-0.2, -0.15) is 9.78 Å². The highest BCUT2D eigenvalue weighted by Crippen LogP contribution is 2.34. The lowest BCUT2D eigenvalue weighted by atomic mass is 10.2. The van der Waals surface area contributed by atoms with Gasteiger partial charge in [-0.1, -0.05) is 48.5 Å². The van der Waals surface area contributed by atoms with Gasteiger partial charge in [0.05, 0.1) is 26.1 Å². The molecule has 0 aliphatic rings. The quantitative estimate of drug-likeness (QED) is 0.201. The molecule has 0 fully saturated rings.